The van der Waals surface area contributed by atoms with Crippen molar-refractivity contribution in [1.29, 1.82) is 0 Å². The second kappa shape index (κ2) is 5.85. The lowest BCUT2D eigenvalue weighted by Gasteiger charge is -2.20. The highest BCUT2D eigenvalue weighted by Gasteiger charge is 2.26. The molecule has 1 N–H and O–H groups in total. The summed E-state index contributed by atoms with van der Waals surface area (Å²) in [6.07, 6.45) is 2.38. The molecule has 0 spiro atoms. The van der Waals surface area contributed by atoms with E-state index in [1.165, 1.54) is 6.20 Å². The summed E-state index contributed by atoms with van der Waals surface area (Å²) >= 11 is 0. The Morgan fingerprint density at radius 2 is 2.05 bits per heavy atom. The van der Waals surface area contributed by atoms with Gasteiger partial charge in [0, 0.05) is 38.9 Å². The van der Waals surface area contributed by atoms with Gasteiger partial charge >= 0.3 is 0 Å². The number of pyridine rings is 1. The van der Waals surface area contributed by atoms with E-state index >= 15 is 0 Å². The van der Waals surface area contributed by atoms with Crippen LogP contribution in [0.1, 0.15) is 6.42 Å². The third-order valence-electron chi connectivity index (χ3n) is 3.30. The molecule has 19 heavy (non-hydrogen) atoms. The zero-order valence-electron chi connectivity index (χ0n) is 11.3. The van der Waals surface area contributed by atoms with Crippen molar-refractivity contribution in [1.82, 2.24) is 14.2 Å². The quantitative estimate of drug-likeness (QED) is 0.873. The first-order valence-corrected chi connectivity index (χ1v) is 7.80. The van der Waals surface area contributed by atoms with Crippen molar-refractivity contribution >= 4 is 15.8 Å². The molecule has 1 fully saturated rings. The second-order valence-corrected chi connectivity index (χ2v) is 6.63. The first-order valence-electron chi connectivity index (χ1n) is 6.36. The van der Waals surface area contributed by atoms with Gasteiger partial charge in [0.05, 0.1) is 4.90 Å². The lowest BCUT2D eigenvalue weighted by atomic mass is 10.4. The molecular formula is C12H20N4O2S. The molecule has 0 saturated carbocycles. The van der Waals surface area contributed by atoms with Gasteiger partial charge in [0.2, 0.25) is 10.0 Å². The van der Waals surface area contributed by atoms with Gasteiger partial charge in [0.15, 0.2) is 0 Å². The summed E-state index contributed by atoms with van der Waals surface area (Å²) in [7, 11) is 0.323. The number of aromatic nitrogens is 1. The highest BCUT2D eigenvalue weighted by molar-refractivity contribution is 7.89. The Morgan fingerprint density at radius 1 is 1.26 bits per heavy atom. The van der Waals surface area contributed by atoms with Crippen molar-refractivity contribution in [2.24, 2.45) is 0 Å². The van der Waals surface area contributed by atoms with Gasteiger partial charge in [-0.1, -0.05) is 0 Å². The molecule has 1 saturated heterocycles. The summed E-state index contributed by atoms with van der Waals surface area (Å²) in [4.78, 5) is 6.50. The van der Waals surface area contributed by atoms with Crippen LogP contribution in [0.5, 0.6) is 0 Å². The molecule has 0 aliphatic carbocycles. The Hall–Kier alpha value is -1.18. The summed E-state index contributed by atoms with van der Waals surface area (Å²) in [5.41, 5.74) is 0. The zero-order valence-corrected chi connectivity index (χ0v) is 12.2. The van der Waals surface area contributed by atoms with Crippen LogP contribution in [-0.2, 0) is 10.0 Å². The van der Waals surface area contributed by atoms with Crippen molar-refractivity contribution < 1.29 is 8.42 Å². The maximum atomic E-state index is 12.6. The number of rotatable bonds is 3. The first-order chi connectivity index (χ1) is 9.04. The lowest BCUT2D eigenvalue weighted by Crippen LogP contribution is -2.34. The van der Waals surface area contributed by atoms with Gasteiger partial charge in [-0.25, -0.2) is 13.4 Å². The summed E-state index contributed by atoms with van der Waals surface area (Å²) in [5.74, 6) is 0.563. The van der Waals surface area contributed by atoms with Crippen LogP contribution in [0.3, 0.4) is 0 Å². The van der Waals surface area contributed by atoms with Crippen LogP contribution < -0.4 is 5.32 Å². The number of nitrogens with one attached hydrogen (secondary N) is 1. The second-order valence-electron chi connectivity index (χ2n) is 4.69. The van der Waals surface area contributed by atoms with Gasteiger partial charge in [0.1, 0.15) is 5.82 Å². The molecule has 6 nitrogen and oxygen atoms in total. The van der Waals surface area contributed by atoms with E-state index in [1.54, 1.807) is 23.5 Å². The van der Waals surface area contributed by atoms with E-state index in [9.17, 15) is 8.42 Å². The normalized spacial score (nSPS) is 19.1. The number of nitrogens with zero attached hydrogens (tertiary/aromatic N) is 3. The number of sulfonamides is 1. The fourth-order valence-corrected chi connectivity index (χ4v) is 3.60. The standard InChI is InChI=1S/C12H20N4O2S/c1-13-12-10-11(4-5-14-12)19(17,18)16-7-3-6-15(2)8-9-16/h4-5,10H,3,6-9H2,1-2H3,(H,13,14). The Morgan fingerprint density at radius 3 is 2.79 bits per heavy atom. The number of anilines is 1. The van der Waals surface area contributed by atoms with Crippen LogP contribution in [-0.4, -0.2) is 62.9 Å². The smallest absolute Gasteiger partial charge is 0.243 e. The fraction of sp³-hybridized carbons (Fsp3) is 0.583. The maximum Gasteiger partial charge on any atom is 0.243 e. The van der Waals surface area contributed by atoms with Crippen molar-refractivity contribution in [2.75, 3.05) is 45.6 Å². The van der Waals surface area contributed by atoms with Crippen LogP contribution in [0.15, 0.2) is 23.2 Å². The fourth-order valence-electron chi connectivity index (χ4n) is 2.12. The zero-order chi connectivity index (χ0) is 13.9. The molecule has 0 radical (unpaired) electrons. The molecule has 0 amide bonds. The molecule has 1 aromatic rings. The Kier molecular flexibility index (Phi) is 4.38. The summed E-state index contributed by atoms with van der Waals surface area (Å²) in [6.45, 7) is 2.81. The van der Waals surface area contributed by atoms with Gasteiger partial charge in [-0.15, -0.1) is 0 Å². The third-order valence-corrected chi connectivity index (χ3v) is 5.20. The predicted molar refractivity (Wildman–Crippen MR) is 74.7 cm³/mol. The molecule has 1 aliphatic heterocycles. The number of likely N-dealkylation sites (N-methyl/N-ethyl adjacent to an activating group) is 1. The molecule has 0 unspecified atom stereocenters. The van der Waals surface area contributed by atoms with Gasteiger partial charge in [-0.3, -0.25) is 0 Å². The van der Waals surface area contributed by atoms with Crippen molar-refractivity contribution in [2.45, 2.75) is 11.3 Å². The SMILES string of the molecule is CNc1cc(S(=O)(=O)N2CCCN(C)CC2)ccn1. The lowest BCUT2D eigenvalue weighted by molar-refractivity contribution is 0.347. The van der Waals surface area contributed by atoms with Gasteiger partial charge < -0.3 is 10.2 Å². The highest BCUT2D eigenvalue weighted by Crippen LogP contribution is 2.19. The highest BCUT2D eigenvalue weighted by atomic mass is 32.2. The molecule has 0 bridgehead atoms. The number of hydrogen-bond acceptors (Lipinski definition) is 5. The molecule has 0 atom stereocenters. The monoisotopic (exact) mass is 284 g/mol. The minimum atomic E-state index is -3.41. The van der Waals surface area contributed by atoms with Crippen molar-refractivity contribution in [3.63, 3.8) is 0 Å². The summed E-state index contributed by atoms with van der Waals surface area (Å²) in [5, 5.41) is 2.86. The molecule has 2 rings (SSSR count). The summed E-state index contributed by atoms with van der Waals surface area (Å²) < 4.78 is 26.7. The van der Waals surface area contributed by atoms with E-state index in [-0.39, 0.29) is 0 Å². The molecule has 7 heteroatoms. The van der Waals surface area contributed by atoms with Crippen molar-refractivity contribution in [3.8, 4) is 0 Å². The van der Waals surface area contributed by atoms with Gasteiger partial charge in [0.25, 0.3) is 0 Å². The Labute approximate surface area is 114 Å². The van der Waals surface area contributed by atoms with E-state index < -0.39 is 10.0 Å². The predicted octanol–water partition coefficient (Wildman–Crippen LogP) is 0.449. The average molecular weight is 284 g/mol. The van der Waals surface area contributed by atoms with E-state index in [1.807, 2.05) is 7.05 Å². The van der Waals surface area contributed by atoms with Crippen LogP contribution in [0.25, 0.3) is 0 Å². The van der Waals surface area contributed by atoms with Crippen molar-refractivity contribution in [3.05, 3.63) is 18.3 Å². The molecule has 0 aromatic carbocycles. The third kappa shape index (κ3) is 3.23. The maximum absolute atomic E-state index is 12.6. The van der Waals surface area contributed by atoms with Crippen LogP contribution in [0.2, 0.25) is 0 Å². The molecule has 106 valence electrons. The van der Waals surface area contributed by atoms with E-state index in [0.717, 1.165) is 19.5 Å². The van der Waals surface area contributed by atoms with Gasteiger partial charge in [-0.05, 0) is 26.1 Å². The Balaban J connectivity index is 2.25. The minimum absolute atomic E-state index is 0.302. The first kappa shape index (κ1) is 14.2. The Bertz CT molecular complexity index is 532. The van der Waals surface area contributed by atoms with Crippen LogP contribution in [0, 0.1) is 0 Å². The number of hydrogen-bond donors (Lipinski definition) is 1. The van der Waals surface area contributed by atoms with E-state index in [0.29, 0.717) is 23.8 Å². The van der Waals surface area contributed by atoms with Gasteiger partial charge in [-0.2, -0.15) is 4.31 Å². The minimum Gasteiger partial charge on any atom is -0.373 e. The van der Waals surface area contributed by atoms with Crippen LogP contribution in [0.4, 0.5) is 5.82 Å². The van der Waals surface area contributed by atoms with E-state index in [2.05, 4.69) is 15.2 Å². The van der Waals surface area contributed by atoms with Crippen LogP contribution >= 0.6 is 0 Å². The molecular weight excluding hydrogens is 264 g/mol. The molecule has 1 aliphatic rings. The topological polar surface area (TPSA) is 65.5 Å². The molecule has 2 heterocycles. The van der Waals surface area contributed by atoms with E-state index in [4.69, 9.17) is 0 Å². The average Bonchev–Trinajstić information content (AvgIpc) is 2.64. The summed E-state index contributed by atoms with van der Waals surface area (Å²) in [6, 6.07) is 3.12. The molecule has 1 aromatic heterocycles. The largest absolute Gasteiger partial charge is 0.373 e.